The van der Waals surface area contributed by atoms with E-state index in [9.17, 15) is 4.79 Å². The van der Waals surface area contributed by atoms with Crippen molar-refractivity contribution in [1.29, 1.82) is 0 Å². The van der Waals surface area contributed by atoms with E-state index in [1.165, 1.54) is 18.2 Å². The quantitative estimate of drug-likeness (QED) is 0.551. The van der Waals surface area contributed by atoms with Crippen LogP contribution in [0.4, 0.5) is 0 Å². The van der Waals surface area contributed by atoms with Gasteiger partial charge < -0.3 is 4.90 Å². The van der Waals surface area contributed by atoms with E-state index in [1.807, 2.05) is 65.2 Å². The Morgan fingerprint density at radius 1 is 1.03 bits per heavy atom. The van der Waals surface area contributed by atoms with E-state index < -0.39 is 0 Å². The summed E-state index contributed by atoms with van der Waals surface area (Å²) in [6, 6.07) is 20.5. The summed E-state index contributed by atoms with van der Waals surface area (Å²) in [4.78, 5) is 15.0. The maximum atomic E-state index is 12.9. The highest BCUT2D eigenvalue weighted by Crippen LogP contribution is 2.29. The second-order valence-corrected chi connectivity index (χ2v) is 8.22. The zero-order valence-electron chi connectivity index (χ0n) is 16.7. The molecule has 0 saturated carbocycles. The molecule has 1 saturated heterocycles. The molecule has 0 bridgehead atoms. The average Bonchev–Trinajstić information content (AvgIpc) is 3.22. The third kappa shape index (κ3) is 4.37. The molecule has 0 aliphatic carbocycles. The smallest absolute Gasteiger partial charge is 0.233 e. The molecule has 1 aliphatic heterocycles. The largest absolute Gasteiger partial charge is 0.339 e. The number of hydrogen-bond acceptors (Lipinski definition) is 4. The normalized spacial score (nSPS) is 16.7. The van der Waals surface area contributed by atoms with E-state index >= 15 is 0 Å². The van der Waals surface area contributed by atoms with Crippen LogP contribution in [0.5, 0.6) is 0 Å². The van der Waals surface area contributed by atoms with Gasteiger partial charge in [0.05, 0.1) is 5.75 Å². The number of carbonyl (C=O) groups excluding carboxylic acids is 1. The Morgan fingerprint density at radius 2 is 1.76 bits per heavy atom. The molecule has 1 fully saturated rings. The topological polar surface area (TPSA) is 51.0 Å². The number of para-hydroxylation sites is 1. The summed E-state index contributed by atoms with van der Waals surface area (Å²) in [7, 11) is 0. The fraction of sp³-hybridized carbons (Fsp3) is 0.348. The number of rotatable bonds is 6. The van der Waals surface area contributed by atoms with E-state index in [2.05, 4.69) is 22.0 Å². The third-order valence-electron chi connectivity index (χ3n) is 5.42. The molecule has 0 unspecified atom stereocenters. The van der Waals surface area contributed by atoms with Crippen molar-refractivity contribution in [3.63, 3.8) is 0 Å². The summed E-state index contributed by atoms with van der Waals surface area (Å²) in [6.45, 7) is 3.04. The summed E-state index contributed by atoms with van der Waals surface area (Å²) in [5.41, 5.74) is 2.00. The lowest BCUT2D eigenvalue weighted by molar-refractivity contribution is -0.132. The lowest BCUT2D eigenvalue weighted by atomic mass is 10.0. The van der Waals surface area contributed by atoms with Crippen molar-refractivity contribution in [1.82, 2.24) is 19.7 Å². The van der Waals surface area contributed by atoms with Gasteiger partial charge in [0.1, 0.15) is 0 Å². The van der Waals surface area contributed by atoms with Crippen LogP contribution in [0.3, 0.4) is 0 Å². The Morgan fingerprint density at radius 3 is 2.48 bits per heavy atom. The predicted molar refractivity (Wildman–Crippen MR) is 117 cm³/mol. The van der Waals surface area contributed by atoms with Crippen molar-refractivity contribution in [2.24, 2.45) is 0 Å². The Hall–Kier alpha value is -2.60. The molecule has 0 N–H and O–H groups in total. The Kier molecular flexibility index (Phi) is 6.30. The summed E-state index contributed by atoms with van der Waals surface area (Å²) >= 11 is 1.47. The molecule has 29 heavy (non-hydrogen) atoms. The fourth-order valence-electron chi connectivity index (χ4n) is 3.91. The molecule has 2 heterocycles. The first-order valence-corrected chi connectivity index (χ1v) is 11.2. The molecular formula is C23H26N4OS. The van der Waals surface area contributed by atoms with Gasteiger partial charge in [0.15, 0.2) is 11.0 Å². The maximum absolute atomic E-state index is 12.9. The Bertz CT molecular complexity index is 942. The van der Waals surface area contributed by atoms with Gasteiger partial charge in [-0.1, -0.05) is 67.2 Å². The highest BCUT2D eigenvalue weighted by Gasteiger charge is 2.26. The SMILES string of the molecule is CC[C@H]1CCCCN1C(=O)CSc1nnc(-c2ccccc2)n1-c1ccccc1. The van der Waals surface area contributed by atoms with Crippen molar-refractivity contribution in [2.45, 2.75) is 43.8 Å². The van der Waals surface area contributed by atoms with Crippen molar-refractivity contribution in [2.75, 3.05) is 12.3 Å². The lowest BCUT2D eigenvalue weighted by Gasteiger charge is -2.35. The van der Waals surface area contributed by atoms with E-state index in [4.69, 9.17) is 0 Å². The number of likely N-dealkylation sites (tertiary alicyclic amines) is 1. The second-order valence-electron chi connectivity index (χ2n) is 7.28. The van der Waals surface area contributed by atoms with Crippen molar-refractivity contribution < 1.29 is 4.79 Å². The number of thioether (sulfide) groups is 1. The summed E-state index contributed by atoms with van der Waals surface area (Å²) in [6.07, 6.45) is 4.46. The first-order valence-electron chi connectivity index (χ1n) is 10.3. The van der Waals surface area contributed by atoms with Crippen LogP contribution >= 0.6 is 11.8 Å². The van der Waals surface area contributed by atoms with Gasteiger partial charge in [0, 0.05) is 23.8 Å². The van der Waals surface area contributed by atoms with Crippen LogP contribution in [0.15, 0.2) is 65.8 Å². The maximum Gasteiger partial charge on any atom is 0.233 e. The Balaban J connectivity index is 1.59. The van der Waals surface area contributed by atoms with Crippen molar-refractivity contribution in [3.8, 4) is 17.1 Å². The molecule has 2 aromatic carbocycles. The minimum atomic E-state index is 0.199. The van der Waals surface area contributed by atoms with E-state index in [0.29, 0.717) is 11.8 Å². The van der Waals surface area contributed by atoms with E-state index in [0.717, 1.165) is 48.0 Å². The van der Waals surface area contributed by atoms with Crippen LogP contribution in [0.25, 0.3) is 17.1 Å². The fourth-order valence-corrected chi connectivity index (χ4v) is 4.75. The van der Waals surface area contributed by atoms with Gasteiger partial charge in [-0.15, -0.1) is 10.2 Å². The van der Waals surface area contributed by atoms with E-state index in [1.54, 1.807) is 0 Å². The first kappa shape index (κ1) is 19.7. The molecule has 1 aliphatic rings. The number of carbonyl (C=O) groups is 1. The van der Waals surface area contributed by atoms with Crippen molar-refractivity contribution >= 4 is 17.7 Å². The van der Waals surface area contributed by atoms with Crippen LogP contribution in [-0.4, -0.2) is 43.9 Å². The molecule has 3 aromatic rings. The number of nitrogens with zero attached hydrogens (tertiary/aromatic N) is 4. The van der Waals surface area contributed by atoms with Crippen LogP contribution in [0, 0.1) is 0 Å². The molecule has 150 valence electrons. The number of piperidine rings is 1. The van der Waals surface area contributed by atoms with Gasteiger partial charge in [-0.3, -0.25) is 9.36 Å². The second kappa shape index (κ2) is 9.27. The molecule has 4 rings (SSSR count). The summed E-state index contributed by atoms with van der Waals surface area (Å²) < 4.78 is 2.04. The van der Waals surface area contributed by atoms with Gasteiger partial charge >= 0.3 is 0 Å². The zero-order chi connectivity index (χ0) is 20.1. The predicted octanol–water partition coefficient (Wildman–Crippen LogP) is 4.82. The average molecular weight is 407 g/mol. The highest BCUT2D eigenvalue weighted by molar-refractivity contribution is 7.99. The number of aromatic nitrogens is 3. The molecule has 0 spiro atoms. The number of benzene rings is 2. The van der Waals surface area contributed by atoms with Gasteiger partial charge in [-0.2, -0.15) is 0 Å². The summed E-state index contributed by atoms with van der Waals surface area (Å²) in [5, 5.41) is 9.63. The monoisotopic (exact) mass is 406 g/mol. The Labute approximate surface area is 176 Å². The molecule has 6 heteroatoms. The van der Waals surface area contributed by atoms with Crippen LogP contribution in [0.2, 0.25) is 0 Å². The highest BCUT2D eigenvalue weighted by atomic mass is 32.2. The third-order valence-corrected chi connectivity index (χ3v) is 6.34. The first-order chi connectivity index (χ1) is 14.3. The lowest BCUT2D eigenvalue weighted by Crippen LogP contribution is -2.44. The van der Waals surface area contributed by atoms with Crippen LogP contribution in [-0.2, 0) is 4.79 Å². The molecule has 1 atom stereocenters. The van der Waals surface area contributed by atoms with Gasteiger partial charge in [-0.25, -0.2) is 0 Å². The molecule has 0 radical (unpaired) electrons. The molecular weight excluding hydrogens is 380 g/mol. The van der Waals surface area contributed by atoms with Gasteiger partial charge in [0.25, 0.3) is 0 Å². The van der Waals surface area contributed by atoms with Gasteiger partial charge in [0.2, 0.25) is 5.91 Å². The summed E-state index contributed by atoms with van der Waals surface area (Å²) in [5.74, 6) is 1.37. The van der Waals surface area contributed by atoms with Gasteiger partial charge in [-0.05, 0) is 37.8 Å². The molecule has 1 aromatic heterocycles. The van der Waals surface area contributed by atoms with Crippen LogP contribution < -0.4 is 0 Å². The molecule has 5 nitrogen and oxygen atoms in total. The molecule has 1 amide bonds. The zero-order valence-corrected chi connectivity index (χ0v) is 17.5. The standard InChI is InChI=1S/C23H26N4OS/c1-2-19-13-9-10-16-26(19)21(28)17-29-23-25-24-22(18-11-5-3-6-12-18)27(23)20-14-7-4-8-15-20/h3-8,11-12,14-15,19H,2,9-10,13,16-17H2,1H3/t19-/m0/s1. The van der Waals surface area contributed by atoms with Crippen molar-refractivity contribution in [3.05, 3.63) is 60.7 Å². The van der Waals surface area contributed by atoms with Crippen LogP contribution in [0.1, 0.15) is 32.6 Å². The minimum absolute atomic E-state index is 0.199. The van der Waals surface area contributed by atoms with E-state index in [-0.39, 0.29) is 5.91 Å². The number of amides is 1. The number of hydrogen-bond donors (Lipinski definition) is 0. The minimum Gasteiger partial charge on any atom is -0.339 e.